The van der Waals surface area contributed by atoms with Crippen molar-refractivity contribution in [1.29, 1.82) is 0 Å². The van der Waals surface area contributed by atoms with Crippen LogP contribution in [0.3, 0.4) is 0 Å². The molecule has 0 saturated carbocycles. The van der Waals surface area contributed by atoms with E-state index in [4.69, 9.17) is 4.74 Å². The molecule has 2 atom stereocenters. The third-order valence-electron chi connectivity index (χ3n) is 6.51. The quantitative estimate of drug-likeness (QED) is 0.406. The van der Waals surface area contributed by atoms with Gasteiger partial charge in [0.25, 0.3) is 0 Å². The summed E-state index contributed by atoms with van der Waals surface area (Å²) in [6.07, 6.45) is 0.990. The van der Waals surface area contributed by atoms with E-state index in [1.807, 2.05) is 48.5 Å². The Labute approximate surface area is 215 Å². The second-order valence-electron chi connectivity index (χ2n) is 8.99. The van der Waals surface area contributed by atoms with Gasteiger partial charge in [-0.25, -0.2) is 0 Å². The molecule has 2 unspecified atom stereocenters. The number of aromatic nitrogens is 2. The van der Waals surface area contributed by atoms with Crippen molar-refractivity contribution in [3.05, 3.63) is 71.8 Å². The molecule has 0 bridgehead atoms. The molecule has 9 heteroatoms. The number of amides is 2. The molecule has 1 fully saturated rings. The molecule has 5 rings (SSSR count). The van der Waals surface area contributed by atoms with Gasteiger partial charge in [0.2, 0.25) is 11.8 Å². The highest BCUT2D eigenvalue weighted by Crippen LogP contribution is 2.47. The van der Waals surface area contributed by atoms with Gasteiger partial charge in [-0.3, -0.25) is 19.6 Å². The molecule has 1 saturated heterocycles. The van der Waals surface area contributed by atoms with Crippen molar-refractivity contribution in [3.8, 4) is 11.3 Å². The van der Waals surface area contributed by atoms with Crippen molar-refractivity contribution in [2.24, 2.45) is 0 Å². The van der Waals surface area contributed by atoms with E-state index in [0.717, 1.165) is 61.7 Å². The predicted octanol–water partition coefficient (Wildman–Crippen LogP) is 3.45. The molecule has 1 aromatic heterocycles. The lowest BCUT2D eigenvalue weighted by atomic mass is 10.00. The van der Waals surface area contributed by atoms with Crippen molar-refractivity contribution < 1.29 is 14.3 Å². The second kappa shape index (κ2) is 11.7. The molecule has 0 aliphatic carbocycles. The van der Waals surface area contributed by atoms with Crippen molar-refractivity contribution in [2.75, 3.05) is 44.7 Å². The van der Waals surface area contributed by atoms with Crippen LogP contribution in [0.4, 0.5) is 5.82 Å². The van der Waals surface area contributed by atoms with Gasteiger partial charge in [0, 0.05) is 31.6 Å². The summed E-state index contributed by atoms with van der Waals surface area (Å²) < 4.78 is 5.38. The summed E-state index contributed by atoms with van der Waals surface area (Å²) in [5.74, 6) is 0.212. The average Bonchev–Trinajstić information content (AvgIpc) is 3.27. The number of anilines is 1. The molecule has 188 valence electrons. The summed E-state index contributed by atoms with van der Waals surface area (Å²) in [6, 6.07) is 20.1. The van der Waals surface area contributed by atoms with Crippen LogP contribution < -0.4 is 10.6 Å². The number of nitrogens with zero attached hydrogens (tertiary/aromatic N) is 2. The van der Waals surface area contributed by atoms with Crippen molar-refractivity contribution in [2.45, 2.75) is 23.3 Å². The normalized spacial score (nSPS) is 20.3. The Morgan fingerprint density at radius 2 is 1.81 bits per heavy atom. The Bertz CT molecular complexity index is 1160. The number of aromatic amines is 1. The average molecular weight is 506 g/mol. The summed E-state index contributed by atoms with van der Waals surface area (Å²) in [7, 11) is 0. The highest BCUT2D eigenvalue weighted by molar-refractivity contribution is 8.01. The van der Waals surface area contributed by atoms with Crippen molar-refractivity contribution in [3.63, 3.8) is 0 Å². The third kappa shape index (κ3) is 5.80. The fourth-order valence-corrected chi connectivity index (χ4v) is 6.07. The molecule has 2 aliphatic rings. The zero-order valence-corrected chi connectivity index (χ0v) is 20.9. The summed E-state index contributed by atoms with van der Waals surface area (Å²) >= 11 is 1.50. The van der Waals surface area contributed by atoms with Gasteiger partial charge in [0.15, 0.2) is 5.82 Å². The molecular formula is C27H31N5O3S. The van der Waals surface area contributed by atoms with E-state index in [0.29, 0.717) is 12.4 Å². The SMILES string of the molecule is O=C(CC1SC(c2ccccc2)c2c(n[nH]c2-c2ccccc2)NC1=O)NCCCN1CCOCC1. The highest BCUT2D eigenvalue weighted by atomic mass is 32.2. The number of H-pyrrole nitrogens is 1. The summed E-state index contributed by atoms with van der Waals surface area (Å²) in [5.41, 5.74) is 3.87. The van der Waals surface area contributed by atoms with E-state index in [1.54, 1.807) is 0 Å². The van der Waals surface area contributed by atoms with Crippen LogP contribution in [0.5, 0.6) is 0 Å². The molecular weight excluding hydrogens is 474 g/mol. The van der Waals surface area contributed by atoms with Crippen LogP contribution in [0.1, 0.15) is 29.2 Å². The number of carbonyl (C=O) groups excluding carboxylic acids is 2. The molecule has 8 nitrogen and oxygen atoms in total. The maximum atomic E-state index is 13.2. The third-order valence-corrected chi connectivity index (χ3v) is 8.00. The molecule has 0 spiro atoms. The first-order valence-electron chi connectivity index (χ1n) is 12.4. The number of nitrogens with one attached hydrogen (secondary N) is 3. The van der Waals surface area contributed by atoms with E-state index < -0.39 is 5.25 Å². The van der Waals surface area contributed by atoms with E-state index >= 15 is 0 Å². The first-order chi connectivity index (χ1) is 17.7. The van der Waals surface area contributed by atoms with Crippen LogP contribution in [0.25, 0.3) is 11.3 Å². The molecule has 36 heavy (non-hydrogen) atoms. The van der Waals surface area contributed by atoms with E-state index in [2.05, 4.69) is 37.9 Å². The van der Waals surface area contributed by atoms with Crippen LogP contribution in [-0.2, 0) is 14.3 Å². The first-order valence-corrected chi connectivity index (χ1v) is 13.3. The van der Waals surface area contributed by atoms with Crippen LogP contribution in [0, 0.1) is 0 Å². The van der Waals surface area contributed by atoms with Crippen LogP contribution in [0.2, 0.25) is 0 Å². The van der Waals surface area contributed by atoms with Gasteiger partial charge in [-0.05, 0) is 24.1 Å². The minimum atomic E-state index is -0.535. The Kier molecular flexibility index (Phi) is 8.00. The first kappa shape index (κ1) is 24.5. The van der Waals surface area contributed by atoms with Gasteiger partial charge in [-0.15, -0.1) is 11.8 Å². The van der Waals surface area contributed by atoms with Gasteiger partial charge in [-0.2, -0.15) is 5.10 Å². The molecule has 2 amide bonds. The second-order valence-corrected chi connectivity index (χ2v) is 10.3. The molecule has 3 aromatic rings. The number of morpholine rings is 1. The number of thioether (sulfide) groups is 1. The largest absolute Gasteiger partial charge is 0.379 e. The van der Waals surface area contributed by atoms with E-state index in [9.17, 15) is 9.59 Å². The van der Waals surface area contributed by atoms with Crippen molar-refractivity contribution >= 4 is 29.4 Å². The fraction of sp³-hybridized carbons (Fsp3) is 0.370. The number of ether oxygens (including phenoxy) is 1. The minimum Gasteiger partial charge on any atom is -0.379 e. The van der Waals surface area contributed by atoms with Gasteiger partial charge in [0.05, 0.1) is 29.4 Å². The lowest BCUT2D eigenvalue weighted by Crippen LogP contribution is -2.38. The summed E-state index contributed by atoms with van der Waals surface area (Å²) in [4.78, 5) is 28.3. The summed E-state index contributed by atoms with van der Waals surface area (Å²) in [6.45, 7) is 4.94. The Balaban J connectivity index is 1.30. The number of hydrogen-bond donors (Lipinski definition) is 3. The Morgan fingerprint density at radius 1 is 1.08 bits per heavy atom. The Hall–Kier alpha value is -3.14. The molecule has 3 heterocycles. The summed E-state index contributed by atoms with van der Waals surface area (Å²) in [5, 5.41) is 12.9. The zero-order chi connectivity index (χ0) is 24.7. The van der Waals surface area contributed by atoms with Gasteiger partial charge in [0.1, 0.15) is 0 Å². The molecule has 3 N–H and O–H groups in total. The van der Waals surface area contributed by atoms with Crippen LogP contribution in [0.15, 0.2) is 60.7 Å². The number of rotatable bonds is 8. The number of hydrogen-bond acceptors (Lipinski definition) is 6. The molecule has 2 aromatic carbocycles. The van der Waals surface area contributed by atoms with Crippen LogP contribution in [-0.4, -0.2) is 71.6 Å². The van der Waals surface area contributed by atoms with Gasteiger partial charge < -0.3 is 15.4 Å². The zero-order valence-electron chi connectivity index (χ0n) is 20.1. The monoisotopic (exact) mass is 505 g/mol. The van der Waals surface area contributed by atoms with Crippen LogP contribution >= 0.6 is 11.8 Å². The smallest absolute Gasteiger partial charge is 0.239 e. The standard InChI is InChI=1S/C27H31N5O3S/c33-22(28-12-7-13-32-14-16-35-17-15-32)18-21-27(34)29-26-23(25(36-21)20-10-5-2-6-11-20)24(30-31-26)19-8-3-1-4-9-19/h1-6,8-11,21,25H,7,12-18H2,(H,28,33)(H2,29,30,31,34). The Morgan fingerprint density at radius 3 is 2.56 bits per heavy atom. The number of fused-ring (bicyclic) bond motifs is 1. The van der Waals surface area contributed by atoms with Gasteiger partial charge >= 0.3 is 0 Å². The lowest BCUT2D eigenvalue weighted by Gasteiger charge is -2.26. The maximum Gasteiger partial charge on any atom is 0.239 e. The van der Waals surface area contributed by atoms with E-state index in [-0.39, 0.29) is 23.5 Å². The predicted molar refractivity (Wildman–Crippen MR) is 142 cm³/mol. The highest BCUT2D eigenvalue weighted by Gasteiger charge is 2.36. The van der Waals surface area contributed by atoms with Gasteiger partial charge in [-0.1, -0.05) is 60.7 Å². The number of benzene rings is 2. The maximum absolute atomic E-state index is 13.2. The topological polar surface area (TPSA) is 99.3 Å². The molecule has 0 radical (unpaired) electrons. The fourth-order valence-electron chi connectivity index (χ4n) is 4.63. The molecule has 2 aliphatic heterocycles. The minimum absolute atomic E-state index is 0.110. The van der Waals surface area contributed by atoms with E-state index in [1.165, 1.54) is 11.8 Å². The van der Waals surface area contributed by atoms with Crippen molar-refractivity contribution in [1.82, 2.24) is 20.4 Å². The lowest BCUT2D eigenvalue weighted by molar-refractivity contribution is -0.124. The number of carbonyl (C=O) groups is 2.